The highest BCUT2D eigenvalue weighted by Gasteiger charge is 2.08. The molecule has 0 aliphatic carbocycles. The minimum atomic E-state index is -0.0946. The minimum absolute atomic E-state index is 0.0331. The van der Waals surface area contributed by atoms with Gasteiger partial charge < -0.3 is 16.0 Å². The number of carbonyl (C=O) groups excluding carboxylic acids is 2. The maximum Gasteiger partial charge on any atom is 0.251 e. The first kappa shape index (κ1) is 16.2. The molecule has 0 unspecified atom stereocenters. The summed E-state index contributed by atoms with van der Waals surface area (Å²) in [6, 6.07) is 6.90. The smallest absolute Gasteiger partial charge is 0.251 e. The van der Waals surface area contributed by atoms with E-state index in [0.717, 1.165) is 13.0 Å². The Morgan fingerprint density at radius 1 is 1.10 bits per heavy atom. The van der Waals surface area contributed by atoms with E-state index in [0.29, 0.717) is 17.8 Å². The van der Waals surface area contributed by atoms with Gasteiger partial charge in [0.05, 0.1) is 0 Å². The third kappa shape index (κ3) is 5.40. The predicted octanol–water partition coefficient (Wildman–Crippen LogP) is 1.62. The summed E-state index contributed by atoms with van der Waals surface area (Å²) in [7, 11) is 1.88. The monoisotopic (exact) mass is 277 g/mol. The fourth-order valence-corrected chi connectivity index (χ4v) is 1.56. The maximum absolute atomic E-state index is 11.8. The normalized spacial score (nSPS) is 10.4. The first-order valence-electron chi connectivity index (χ1n) is 6.88. The van der Waals surface area contributed by atoms with Crippen LogP contribution < -0.4 is 16.0 Å². The van der Waals surface area contributed by atoms with Crippen molar-refractivity contribution in [1.82, 2.24) is 10.6 Å². The van der Waals surface area contributed by atoms with Crippen molar-refractivity contribution < 1.29 is 9.59 Å². The van der Waals surface area contributed by atoms with Gasteiger partial charge in [-0.2, -0.15) is 0 Å². The van der Waals surface area contributed by atoms with Crippen molar-refractivity contribution in [2.75, 3.05) is 25.5 Å². The van der Waals surface area contributed by atoms with E-state index >= 15 is 0 Å². The van der Waals surface area contributed by atoms with Crippen LogP contribution in [0.4, 0.5) is 5.69 Å². The number of nitrogens with one attached hydrogen (secondary N) is 3. The molecule has 2 amide bonds. The third-order valence-electron chi connectivity index (χ3n) is 2.83. The van der Waals surface area contributed by atoms with E-state index < -0.39 is 0 Å². The van der Waals surface area contributed by atoms with Crippen molar-refractivity contribution in [3.63, 3.8) is 0 Å². The van der Waals surface area contributed by atoms with Gasteiger partial charge in [-0.1, -0.05) is 13.8 Å². The zero-order valence-corrected chi connectivity index (χ0v) is 12.3. The van der Waals surface area contributed by atoms with E-state index in [1.165, 1.54) is 0 Å². The molecule has 1 rings (SSSR count). The van der Waals surface area contributed by atoms with Gasteiger partial charge in [-0.15, -0.1) is 0 Å². The zero-order chi connectivity index (χ0) is 15.0. The Balaban J connectivity index is 2.49. The highest BCUT2D eigenvalue weighted by Crippen LogP contribution is 2.11. The van der Waals surface area contributed by atoms with Crippen molar-refractivity contribution >= 4 is 17.5 Å². The van der Waals surface area contributed by atoms with Crippen LogP contribution in [0.3, 0.4) is 0 Å². The maximum atomic E-state index is 11.8. The average molecular weight is 277 g/mol. The largest absolute Gasteiger partial charge is 0.352 e. The number of carbonyl (C=O) groups is 2. The van der Waals surface area contributed by atoms with Crippen LogP contribution in [-0.2, 0) is 4.79 Å². The van der Waals surface area contributed by atoms with Crippen molar-refractivity contribution in [3.8, 4) is 0 Å². The van der Waals surface area contributed by atoms with Gasteiger partial charge in [-0.3, -0.25) is 9.59 Å². The molecule has 0 bridgehead atoms. The summed E-state index contributed by atoms with van der Waals surface area (Å²) >= 11 is 0. The van der Waals surface area contributed by atoms with E-state index in [2.05, 4.69) is 16.0 Å². The Kier molecular flexibility index (Phi) is 6.73. The lowest BCUT2D eigenvalue weighted by molar-refractivity contribution is -0.118. The van der Waals surface area contributed by atoms with E-state index in [4.69, 9.17) is 0 Å². The number of amides is 2. The molecule has 0 fully saturated rings. The first-order valence-corrected chi connectivity index (χ1v) is 6.88. The van der Waals surface area contributed by atoms with Gasteiger partial charge in [-0.05, 0) is 44.3 Å². The Labute approximate surface area is 120 Å². The quantitative estimate of drug-likeness (QED) is 0.663. The zero-order valence-electron chi connectivity index (χ0n) is 12.3. The lowest BCUT2D eigenvalue weighted by Crippen LogP contribution is -2.26. The van der Waals surface area contributed by atoms with Gasteiger partial charge in [-0.25, -0.2) is 0 Å². The fraction of sp³-hybridized carbons (Fsp3) is 0.467. The van der Waals surface area contributed by atoms with Gasteiger partial charge >= 0.3 is 0 Å². The molecule has 0 heterocycles. The second-order valence-electron chi connectivity index (χ2n) is 4.93. The molecule has 1 aromatic carbocycles. The SMILES string of the molecule is CNCCCNC(=O)c1ccc(NC(=O)C(C)C)cc1. The molecule has 0 aliphatic rings. The van der Waals surface area contributed by atoms with Gasteiger partial charge in [0.25, 0.3) is 5.91 Å². The van der Waals surface area contributed by atoms with Gasteiger partial charge in [0.1, 0.15) is 0 Å². The topological polar surface area (TPSA) is 70.2 Å². The lowest BCUT2D eigenvalue weighted by atomic mass is 10.1. The summed E-state index contributed by atoms with van der Waals surface area (Å²) in [6.07, 6.45) is 0.894. The summed E-state index contributed by atoms with van der Waals surface area (Å²) in [5, 5.41) is 8.66. The number of hydrogen-bond donors (Lipinski definition) is 3. The Hall–Kier alpha value is -1.88. The van der Waals surface area contributed by atoms with Crippen LogP contribution in [-0.4, -0.2) is 32.0 Å². The molecule has 0 spiro atoms. The lowest BCUT2D eigenvalue weighted by Gasteiger charge is -2.09. The Morgan fingerprint density at radius 3 is 2.30 bits per heavy atom. The van der Waals surface area contributed by atoms with E-state index in [1.807, 2.05) is 20.9 Å². The summed E-state index contributed by atoms with van der Waals surface area (Å²) in [5.74, 6) is -0.192. The van der Waals surface area contributed by atoms with Gasteiger partial charge in [0.2, 0.25) is 5.91 Å². The number of benzene rings is 1. The van der Waals surface area contributed by atoms with Crippen LogP contribution in [0.25, 0.3) is 0 Å². The molecule has 0 atom stereocenters. The van der Waals surface area contributed by atoms with Crippen LogP contribution in [0.15, 0.2) is 24.3 Å². The highest BCUT2D eigenvalue weighted by atomic mass is 16.2. The fourth-order valence-electron chi connectivity index (χ4n) is 1.56. The summed E-state index contributed by atoms with van der Waals surface area (Å²) < 4.78 is 0. The van der Waals surface area contributed by atoms with E-state index in [-0.39, 0.29) is 17.7 Å². The number of anilines is 1. The first-order chi connectivity index (χ1) is 9.54. The molecule has 0 saturated heterocycles. The van der Waals surface area contributed by atoms with Crippen molar-refractivity contribution in [3.05, 3.63) is 29.8 Å². The molecule has 1 aromatic rings. The molecule has 0 saturated carbocycles. The molecule has 110 valence electrons. The predicted molar refractivity (Wildman–Crippen MR) is 80.8 cm³/mol. The number of hydrogen-bond acceptors (Lipinski definition) is 3. The highest BCUT2D eigenvalue weighted by molar-refractivity contribution is 5.96. The molecule has 20 heavy (non-hydrogen) atoms. The van der Waals surface area contributed by atoms with Crippen LogP contribution in [0.5, 0.6) is 0 Å². The van der Waals surface area contributed by atoms with Crippen LogP contribution >= 0.6 is 0 Å². The molecule has 0 aromatic heterocycles. The van der Waals surface area contributed by atoms with Crippen LogP contribution in [0, 0.1) is 5.92 Å². The summed E-state index contributed by atoms with van der Waals surface area (Å²) in [5.41, 5.74) is 1.30. The van der Waals surface area contributed by atoms with Crippen molar-refractivity contribution in [2.45, 2.75) is 20.3 Å². The summed E-state index contributed by atoms with van der Waals surface area (Å²) in [4.78, 5) is 23.4. The minimum Gasteiger partial charge on any atom is -0.352 e. The summed E-state index contributed by atoms with van der Waals surface area (Å²) in [6.45, 7) is 5.19. The molecule has 5 heteroatoms. The second-order valence-corrected chi connectivity index (χ2v) is 4.93. The molecular formula is C15H23N3O2. The van der Waals surface area contributed by atoms with Gasteiger partial charge in [0.15, 0.2) is 0 Å². The molecule has 3 N–H and O–H groups in total. The number of rotatable bonds is 7. The standard InChI is InChI=1S/C15H23N3O2/c1-11(2)14(19)18-13-7-5-12(6-8-13)15(20)17-10-4-9-16-3/h5-8,11,16H,4,9-10H2,1-3H3,(H,17,20)(H,18,19). The van der Waals surface area contributed by atoms with Crippen molar-refractivity contribution in [2.24, 2.45) is 5.92 Å². The van der Waals surface area contributed by atoms with E-state index in [9.17, 15) is 9.59 Å². The van der Waals surface area contributed by atoms with Crippen LogP contribution in [0.2, 0.25) is 0 Å². The second kappa shape index (κ2) is 8.32. The molecule has 5 nitrogen and oxygen atoms in total. The Bertz CT molecular complexity index is 441. The van der Waals surface area contributed by atoms with E-state index in [1.54, 1.807) is 24.3 Å². The van der Waals surface area contributed by atoms with Gasteiger partial charge in [0, 0.05) is 23.7 Å². The van der Waals surface area contributed by atoms with Crippen LogP contribution in [0.1, 0.15) is 30.6 Å². The van der Waals surface area contributed by atoms with Crippen molar-refractivity contribution in [1.29, 1.82) is 0 Å². The average Bonchev–Trinajstić information content (AvgIpc) is 2.44. The Morgan fingerprint density at radius 2 is 1.75 bits per heavy atom. The molecule has 0 radical (unpaired) electrons. The molecular weight excluding hydrogens is 254 g/mol. The third-order valence-corrected chi connectivity index (χ3v) is 2.83. The molecule has 0 aliphatic heterocycles.